The number of ether oxygens (including phenoxy) is 2. The Hall–Kier alpha value is -2.81. The smallest absolute Gasteiger partial charge is 0.120 e. The number of hydrogen-bond acceptors (Lipinski definition) is 3. The van der Waals surface area contributed by atoms with Crippen LogP contribution in [-0.2, 0) is 6.61 Å². The van der Waals surface area contributed by atoms with Crippen LogP contribution >= 0.6 is 0 Å². The van der Waals surface area contributed by atoms with Crippen molar-refractivity contribution in [1.29, 1.82) is 0 Å². The Labute approximate surface area is 142 Å². The summed E-state index contributed by atoms with van der Waals surface area (Å²) < 4.78 is 11.6. The summed E-state index contributed by atoms with van der Waals surface area (Å²) >= 11 is 0. The van der Waals surface area contributed by atoms with E-state index in [9.17, 15) is 0 Å². The summed E-state index contributed by atoms with van der Waals surface area (Å²) in [6, 6.07) is 17.9. The van der Waals surface area contributed by atoms with Gasteiger partial charge in [0.2, 0.25) is 0 Å². The van der Waals surface area contributed by atoms with Crippen LogP contribution in [0.1, 0.15) is 18.9 Å². The van der Waals surface area contributed by atoms with Crippen molar-refractivity contribution in [2.45, 2.75) is 20.0 Å². The number of allylic oxidation sites excluding steroid dienone is 1. The Bertz CT molecular complexity index is 827. The first-order chi connectivity index (χ1) is 11.8. The van der Waals surface area contributed by atoms with E-state index in [0.29, 0.717) is 13.2 Å². The Morgan fingerprint density at radius 2 is 1.83 bits per heavy atom. The van der Waals surface area contributed by atoms with Crippen LogP contribution in [-0.4, -0.2) is 11.6 Å². The molecule has 0 saturated heterocycles. The van der Waals surface area contributed by atoms with Crippen molar-refractivity contribution in [2.24, 2.45) is 0 Å². The molecule has 1 heterocycles. The largest absolute Gasteiger partial charge is 0.490 e. The third-order valence-electron chi connectivity index (χ3n) is 3.63. The second-order valence-electron chi connectivity index (χ2n) is 5.48. The third kappa shape index (κ3) is 4.35. The van der Waals surface area contributed by atoms with Gasteiger partial charge in [0.25, 0.3) is 0 Å². The average molecular weight is 319 g/mol. The van der Waals surface area contributed by atoms with E-state index in [-0.39, 0.29) is 0 Å². The van der Waals surface area contributed by atoms with Crippen molar-refractivity contribution in [3.05, 3.63) is 78.5 Å². The van der Waals surface area contributed by atoms with Gasteiger partial charge in [0.15, 0.2) is 0 Å². The van der Waals surface area contributed by atoms with Gasteiger partial charge >= 0.3 is 0 Å². The number of rotatable bonds is 7. The van der Waals surface area contributed by atoms with E-state index in [1.807, 2.05) is 60.7 Å². The summed E-state index contributed by atoms with van der Waals surface area (Å²) in [5.41, 5.74) is 2.05. The van der Waals surface area contributed by atoms with Gasteiger partial charge in [-0.05, 0) is 48.4 Å². The molecule has 3 heteroatoms. The van der Waals surface area contributed by atoms with Crippen LogP contribution in [0.15, 0.2) is 72.9 Å². The van der Waals surface area contributed by atoms with E-state index in [1.54, 1.807) is 6.20 Å². The number of pyridine rings is 1. The van der Waals surface area contributed by atoms with E-state index in [2.05, 4.69) is 18.0 Å². The van der Waals surface area contributed by atoms with E-state index >= 15 is 0 Å². The van der Waals surface area contributed by atoms with Crippen molar-refractivity contribution >= 4 is 10.9 Å². The molecule has 0 spiro atoms. The molecule has 3 rings (SSSR count). The lowest BCUT2D eigenvalue weighted by Crippen LogP contribution is -1.98. The number of fused-ring (bicyclic) bond motifs is 1. The zero-order valence-electron chi connectivity index (χ0n) is 13.8. The maximum atomic E-state index is 5.90. The average Bonchev–Trinajstić information content (AvgIpc) is 2.64. The first-order valence-electron chi connectivity index (χ1n) is 8.19. The monoisotopic (exact) mass is 319 g/mol. The third-order valence-corrected chi connectivity index (χ3v) is 3.63. The maximum Gasteiger partial charge on any atom is 0.120 e. The van der Waals surface area contributed by atoms with Crippen molar-refractivity contribution in [1.82, 2.24) is 4.98 Å². The summed E-state index contributed by atoms with van der Waals surface area (Å²) in [5.74, 6) is 1.70. The van der Waals surface area contributed by atoms with Gasteiger partial charge in [-0.2, -0.15) is 0 Å². The topological polar surface area (TPSA) is 31.4 Å². The standard InChI is InChI=1S/C21H21NO2/c1-2-3-4-13-23-19-9-5-7-17(14-19)16-24-20-10-11-21-18(15-20)8-6-12-22-21/h3-12,14-15H,2,13,16H2,1H3. The summed E-state index contributed by atoms with van der Waals surface area (Å²) in [7, 11) is 0. The van der Waals surface area contributed by atoms with Crippen LogP contribution < -0.4 is 9.47 Å². The highest BCUT2D eigenvalue weighted by atomic mass is 16.5. The summed E-state index contributed by atoms with van der Waals surface area (Å²) in [6.45, 7) is 3.21. The van der Waals surface area contributed by atoms with Crippen molar-refractivity contribution < 1.29 is 9.47 Å². The number of hydrogen-bond donors (Lipinski definition) is 0. The van der Waals surface area contributed by atoms with Gasteiger partial charge in [-0.25, -0.2) is 0 Å². The van der Waals surface area contributed by atoms with Crippen LogP contribution in [0.2, 0.25) is 0 Å². The summed E-state index contributed by atoms with van der Waals surface area (Å²) in [4.78, 5) is 4.32. The minimum absolute atomic E-state index is 0.508. The Kier molecular flexibility index (Phi) is 5.46. The molecule has 0 bridgehead atoms. The van der Waals surface area contributed by atoms with Gasteiger partial charge in [0, 0.05) is 11.6 Å². The molecule has 0 unspecified atom stereocenters. The SMILES string of the molecule is CCC=CCOc1cccc(COc2ccc3ncccc3c2)c1. The zero-order chi connectivity index (χ0) is 16.6. The van der Waals surface area contributed by atoms with Crippen LogP contribution in [0.25, 0.3) is 10.9 Å². The normalized spacial score (nSPS) is 11.0. The highest BCUT2D eigenvalue weighted by Gasteiger charge is 2.01. The fraction of sp³-hybridized carbons (Fsp3) is 0.190. The molecule has 0 saturated carbocycles. The molecule has 0 aliphatic carbocycles. The Morgan fingerprint density at radius 3 is 2.75 bits per heavy atom. The molecule has 122 valence electrons. The van der Waals surface area contributed by atoms with Crippen LogP contribution in [0.3, 0.4) is 0 Å². The van der Waals surface area contributed by atoms with Crippen molar-refractivity contribution in [2.75, 3.05) is 6.61 Å². The predicted octanol–water partition coefficient (Wildman–Crippen LogP) is 5.16. The van der Waals surface area contributed by atoms with Crippen molar-refractivity contribution in [3.63, 3.8) is 0 Å². The van der Waals surface area contributed by atoms with Gasteiger partial charge < -0.3 is 9.47 Å². The molecule has 1 aromatic heterocycles. The van der Waals surface area contributed by atoms with Gasteiger partial charge in [-0.1, -0.05) is 37.3 Å². The number of nitrogens with zero attached hydrogens (tertiary/aromatic N) is 1. The lowest BCUT2D eigenvalue weighted by Gasteiger charge is -2.09. The molecule has 0 atom stereocenters. The lowest BCUT2D eigenvalue weighted by molar-refractivity contribution is 0.304. The molecule has 0 amide bonds. The molecule has 0 aliphatic heterocycles. The summed E-state index contributed by atoms with van der Waals surface area (Å²) in [5, 5.41) is 1.08. The molecule has 24 heavy (non-hydrogen) atoms. The second-order valence-corrected chi connectivity index (χ2v) is 5.48. The minimum atomic E-state index is 0.508. The Balaban J connectivity index is 1.62. The lowest BCUT2D eigenvalue weighted by atomic mass is 10.2. The Morgan fingerprint density at radius 1 is 0.917 bits per heavy atom. The molecular weight excluding hydrogens is 298 g/mol. The molecular formula is C21H21NO2. The van der Waals surface area contributed by atoms with Gasteiger partial charge in [0.05, 0.1) is 5.52 Å². The fourth-order valence-corrected chi connectivity index (χ4v) is 2.41. The van der Waals surface area contributed by atoms with E-state index in [1.165, 1.54) is 0 Å². The summed E-state index contributed by atoms with van der Waals surface area (Å²) in [6.07, 6.45) is 6.95. The zero-order valence-corrected chi connectivity index (χ0v) is 13.8. The molecule has 0 aliphatic rings. The molecule has 2 aromatic carbocycles. The minimum Gasteiger partial charge on any atom is -0.490 e. The van der Waals surface area contributed by atoms with E-state index in [4.69, 9.17) is 9.47 Å². The van der Waals surface area contributed by atoms with Gasteiger partial charge in [-0.15, -0.1) is 0 Å². The van der Waals surface area contributed by atoms with Gasteiger partial charge in [-0.3, -0.25) is 4.98 Å². The highest BCUT2D eigenvalue weighted by molar-refractivity contribution is 5.79. The van der Waals surface area contributed by atoms with Crippen LogP contribution in [0.5, 0.6) is 11.5 Å². The van der Waals surface area contributed by atoms with E-state index in [0.717, 1.165) is 34.4 Å². The first kappa shape index (κ1) is 16.1. The molecule has 3 aromatic rings. The molecule has 0 fully saturated rings. The van der Waals surface area contributed by atoms with E-state index < -0.39 is 0 Å². The van der Waals surface area contributed by atoms with Crippen LogP contribution in [0, 0.1) is 0 Å². The molecule has 3 nitrogen and oxygen atoms in total. The highest BCUT2D eigenvalue weighted by Crippen LogP contribution is 2.21. The number of benzene rings is 2. The fourth-order valence-electron chi connectivity index (χ4n) is 2.41. The van der Waals surface area contributed by atoms with Crippen LogP contribution in [0.4, 0.5) is 0 Å². The molecule has 0 N–H and O–H groups in total. The quantitative estimate of drug-likeness (QED) is 0.564. The number of aromatic nitrogens is 1. The molecule has 0 radical (unpaired) electrons. The van der Waals surface area contributed by atoms with Gasteiger partial charge in [0.1, 0.15) is 24.7 Å². The van der Waals surface area contributed by atoms with Crippen molar-refractivity contribution in [3.8, 4) is 11.5 Å². The maximum absolute atomic E-state index is 5.90. The first-order valence-corrected chi connectivity index (χ1v) is 8.19. The second kappa shape index (κ2) is 8.16. The predicted molar refractivity (Wildman–Crippen MR) is 97.4 cm³/mol.